The number of fused-ring (bicyclic) bond motifs is 1. The number of nitrogens with zero attached hydrogens (tertiary/aromatic N) is 1. The van der Waals surface area contributed by atoms with Gasteiger partial charge < -0.3 is 10.5 Å². The van der Waals surface area contributed by atoms with Gasteiger partial charge in [-0.3, -0.25) is 4.79 Å². The molecule has 4 aromatic rings. The number of carbonyl (C=O) groups is 1. The third-order valence-corrected chi connectivity index (χ3v) is 5.13. The molecule has 1 aromatic heterocycles. The zero-order chi connectivity index (χ0) is 21.8. The Hall–Kier alpha value is -3.47. The van der Waals surface area contributed by atoms with Crippen molar-refractivity contribution in [3.05, 3.63) is 106 Å². The number of rotatable bonds is 5. The van der Waals surface area contributed by atoms with Crippen molar-refractivity contribution >= 4 is 40.6 Å². The number of nitrogens with two attached hydrogens (primary N) is 1. The highest BCUT2D eigenvalue weighted by Crippen LogP contribution is 2.29. The van der Waals surface area contributed by atoms with Gasteiger partial charge >= 0.3 is 5.97 Å². The molecule has 1 unspecified atom stereocenters. The Balaban J connectivity index is 1.59. The van der Waals surface area contributed by atoms with Crippen LogP contribution in [-0.2, 0) is 4.79 Å². The van der Waals surface area contributed by atoms with Gasteiger partial charge in [-0.2, -0.15) is 0 Å². The van der Waals surface area contributed by atoms with E-state index in [1.807, 2.05) is 84.9 Å². The molecular formula is C26H21ClN2O2. The van der Waals surface area contributed by atoms with Crippen LogP contribution in [0.5, 0.6) is 5.75 Å². The number of hydrogen-bond donors (Lipinski definition) is 1. The molecule has 4 nitrogen and oxygen atoms in total. The van der Waals surface area contributed by atoms with Crippen molar-refractivity contribution < 1.29 is 9.53 Å². The lowest BCUT2D eigenvalue weighted by Crippen LogP contribution is -2.14. The fourth-order valence-corrected chi connectivity index (χ4v) is 3.57. The number of pyridine rings is 1. The van der Waals surface area contributed by atoms with Gasteiger partial charge in [-0.1, -0.05) is 66.2 Å². The molecule has 3 aromatic carbocycles. The Morgan fingerprint density at radius 2 is 1.81 bits per heavy atom. The molecule has 1 heterocycles. The summed E-state index contributed by atoms with van der Waals surface area (Å²) >= 11 is 6.08. The first-order valence-corrected chi connectivity index (χ1v) is 10.2. The predicted molar refractivity (Wildman–Crippen MR) is 126 cm³/mol. The van der Waals surface area contributed by atoms with Crippen LogP contribution in [0.15, 0.2) is 78.9 Å². The fraction of sp³-hybridized carbons (Fsp3) is 0.0769. The molecule has 0 aliphatic rings. The Bertz CT molecular complexity index is 1280. The van der Waals surface area contributed by atoms with E-state index in [-0.39, 0.29) is 5.97 Å². The molecule has 31 heavy (non-hydrogen) atoms. The molecule has 0 fully saturated rings. The van der Waals surface area contributed by atoms with E-state index in [1.54, 1.807) is 6.07 Å². The SMILES string of the molecule is CC(=O)Oc1ccccc1C(N)c1cccc(/C=C/c2ccc3ccc(Cl)cc3n2)c1. The van der Waals surface area contributed by atoms with Crippen LogP contribution >= 0.6 is 11.6 Å². The molecule has 154 valence electrons. The van der Waals surface area contributed by atoms with Crippen molar-refractivity contribution in [2.45, 2.75) is 13.0 Å². The molecule has 5 heteroatoms. The van der Waals surface area contributed by atoms with E-state index in [9.17, 15) is 4.79 Å². The van der Waals surface area contributed by atoms with Crippen LogP contribution in [0.1, 0.15) is 35.3 Å². The Kier molecular flexibility index (Phi) is 6.12. The molecule has 0 saturated heterocycles. The number of benzene rings is 3. The number of hydrogen-bond acceptors (Lipinski definition) is 4. The van der Waals surface area contributed by atoms with Crippen molar-refractivity contribution in [3.63, 3.8) is 0 Å². The lowest BCUT2D eigenvalue weighted by molar-refractivity contribution is -0.131. The highest BCUT2D eigenvalue weighted by Gasteiger charge is 2.15. The number of halogens is 1. The maximum Gasteiger partial charge on any atom is 0.308 e. The van der Waals surface area contributed by atoms with E-state index in [1.165, 1.54) is 6.92 Å². The predicted octanol–water partition coefficient (Wildman–Crippen LogP) is 6.03. The van der Waals surface area contributed by atoms with Gasteiger partial charge in [-0.25, -0.2) is 4.98 Å². The topological polar surface area (TPSA) is 65.2 Å². The zero-order valence-electron chi connectivity index (χ0n) is 17.0. The van der Waals surface area contributed by atoms with Gasteiger partial charge in [0.15, 0.2) is 0 Å². The Labute approximate surface area is 186 Å². The minimum absolute atomic E-state index is 0.375. The first-order chi connectivity index (χ1) is 15.0. The van der Waals surface area contributed by atoms with Crippen LogP contribution in [0.25, 0.3) is 23.1 Å². The monoisotopic (exact) mass is 428 g/mol. The second-order valence-electron chi connectivity index (χ2n) is 7.19. The number of esters is 1. The van der Waals surface area contributed by atoms with E-state index in [0.717, 1.165) is 33.3 Å². The fourth-order valence-electron chi connectivity index (χ4n) is 3.40. The normalized spacial score (nSPS) is 12.2. The smallest absolute Gasteiger partial charge is 0.308 e. The summed E-state index contributed by atoms with van der Waals surface area (Å²) < 4.78 is 5.32. The molecule has 0 amide bonds. The second kappa shape index (κ2) is 9.13. The average Bonchev–Trinajstić information content (AvgIpc) is 2.77. The molecule has 0 saturated carbocycles. The summed E-state index contributed by atoms with van der Waals surface area (Å²) in [6.07, 6.45) is 3.95. The number of para-hydroxylation sites is 1. The summed E-state index contributed by atoms with van der Waals surface area (Å²) in [5.41, 5.74) is 10.9. The largest absolute Gasteiger partial charge is 0.426 e. The van der Waals surface area contributed by atoms with Gasteiger partial charge in [0.05, 0.1) is 17.3 Å². The van der Waals surface area contributed by atoms with Crippen LogP contribution in [-0.4, -0.2) is 11.0 Å². The first kappa shape index (κ1) is 20.8. The highest BCUT2D eigenvalue weighted by atomic mass is 35.5. The van der Waals surface area contributed by atoms with E-state index in [4.69, 9.17) is 22.1 Å². The summed E-state index contributed by atoms with van der Waals surface area (Å²) in [4.78, 5) is 16.1. The van der Waals surface area contributed by atoms with Crippen molar-refractivity contribution in [2.75, 3.05) is 0 Å². The van der Waals surface area contributed by atoms with Gasteiger partial charge in [0, 0.05) is 22.9 Å². The van der Waals surface area contributed by atoms with E-state index >= 15 is 0 Å². The zero-order valence-corrected chi connectivity index (χ0v) is 17.7. The van der Waals surface area contributed by atoms with Gasteiger partial charge in [0.25, 0.3) is 0 Å². The molecule has 2 N–H and O–H groups in total. The van der Waals surface area contributed by atoms with Crippen LogP contribution in [0.3, 0.4) is 0 Å². The first-order valence-electron chi connectivity index (χ1n) is 9.87. The van der Waals surface area contributed by atoms with Crippen LogP contribution in [0, 0.1) is 0 Å². The highest BCUT2D eigenvalue weighted by molar-refractivity contribution is 6.31. The standard InChI is InChI=1S/C26H21ClN2O2/c1-17(30)31-25-8-3-2-7-23(25)26(28)20-6-4-5-18(15-20)9-13-22-14-11-19-10-12-21(27)16-24(19)29-22/h2-16,26H,28H2,1H3/b13-9+. The average molecular weight is 429 g/mol. The summed E-state index contributed by atoms with van der Waals surface area (Å²) in [6, 6.07) is 24.5. The lowest BCUT2D eigenvalue weighted by Gasteiger charge is -2.16. The van der Waals surface area contributed by atoms with Crippen molar-refractivity contribution in [3.8, 4) is 5.75 Å². The number of carbonyl (C=O) groups excluding carboxylic acids is 1. The summed E-state index contributed by atoms with van der Waals surface area (Å²) in [7, 11) is 0. The number of ether oxygens (including phenoxy) is 1. The number of aromatic nitrogens is 1. The molecule has 0 radical (unpaired) electrons. The Morgan fingerprint density at radius 3 is 2.65 bits per heavy atom. The summed E-state index contributed by atoms with van der Waals surface area (Å²) in [5.74, 6) is 0.1000. The molecule has 0 aliphatic heterocycles. The van der Waals surface area contributed by atoms with Crippen LogP contribution in [0.2, 0.25) is 5.02 Å². The maximum absolute atomic E-state index is 11.4. The van der Waals surface area contributed by atoms with Gasteiger partial charge in [-0.15, -0.1) is 0 Å². The van der Waals surface area contributed by atoms with Crippen molar-refractivity contribution in [1.29, 1.82) is 0 Å². The maximum atomic E-state index is 11.4. The van der Waals surface area contributed by atoms with E-state index in [0.29, 0.717) is 10.8 Å². The van der Waals surface area contributed by atoms with Crippen LogP contribution < -0.4 is 10.5 Å². The lowest BCUT2D eigenvalue weighted by atomic mass is 9.97. The van der Waals surface area contributed by atoms with Gasteiger partial charge in [-0.05, 0) is 47.5 Å². The van der Waals surface area contributed by atoms with E-state index < -0.39 is 6.04 Å². The van der Waals surface area contributed by atoms with Crippen molar-refractivity contribution in [2.24, 2.45) is 5.73 Å². The van der Waals surface area contributed by atoms with Crippen molar-refractivity contribution in [1.82, 2.24) is 4.98 Å². The molecule has 0 bridgehead atoms. The second-order valence-corrected chi connectivity index (χ2v) is 7.62. The minimum atomic E-state index is -0.426. The summed E-state index contributed by atoms with van der Waals surface area (Å²) in [6.45, 7) is 1.38. The third-order valence-electron chi connectivity index (χ3n) is 4.90. The summed E-state index contributed by atoms with van der Waals surface area (Å²) in [5, 5.41) is 1.71. The molecule has 0 aliphatic carbocycles. The quantitative estimate of drug-likeness (QED) is 0.311. The molecule has 4 rings (SSSR count). The third kappa shape index (κ3) is 5.00. The van der Waals surface area contributed by atoms with Crippen LogP contribution in [0.4, 0.5) is 0 Å². The molecular weight excluding hydrogens is 408 g/mol. The molecule has 0 spiro atoms. The Morgan fingerprint density at radius 1 is 1.00 bits per heavy atom. The van der Waals surface area contributed by atoms with Gasteiger partial charge in [0.1, 0.15) is 5.75 Å². The minimum Gasteiger partial charge on any atom is -0.426 e. The van der Waals surface area contributed by atoms with E-state index in [2.05, 4.69) is 4.98 Å². The van der Waals surface area contributed by atoms with Gasteiger partial charge in [0.2, 0.25) is 0 Å². The molecule has 1 atom stereocenters.